The molecule has 5 nitrogen and oxygen atoms in total. The first-order valence-electron chi connectivity index (χ1n) is 8.61. The van der Waals surface area contributed by atoms with Crippen LogP contribution in [-0.2, 0) is 13.1 Å². The summed E-state index contributed by atoms with van der Waals surface area (Å²) in [5.74, 6) is 0.870. The molecule has 1 N–H and O–H groups in total. The molecule has 0 spiro atoms. The van der Waals surface area contributed by atoms with Crippen molar-refractivity contribution in [2.45, 2.75) is 33.0 Å². The van der Waals surface area contributed by atoms with Crippen molar-refractivity contribution in [3.8, 4) is 0 Å². The molecule has 0 amide bonds. The zero-order valence-corrected chi connectivity index (χ0v) is 14.9. The maximum atomic E-state index is 13.8. The van der Waals surface area contributed by atoms with Crippen molar-refractivity contribution in [3.05, 3.63) is 77.7 Å². The van der Waals surface area contributed by atoms with Gasteiger partial charge >= 0.3 is 0 Å². The molecule has 0 saturated heterocycles. The summed E-state index contributed by atoms with van der Waals surface area (Å²) in [6.45, 7) is 5.21. The molecule has 0 atom stereocenters. The van der Waals surface area contributed by atoms with Crippen LogP contribution < -0.4 is 10.2 Å². The van der Waals surface area contributed by atoms with Gasteiger partial charge in [0, 0.05) is 24.7 Å². The Morgan fingerprint density at radius 1 is 1.04 bits per heavy atom. The molecular weight excluding hydrogens is 329 g/mol. The number of hydrogen-bond donors (Lipinski definition) is 1. The second-order valence-electron chi connectivity index (χ2n) is 6.29. The minimum absolute atomic E-state index is 0.207. The zero-order valence-electron chi connectivity index (χ0n) is 14.9. The third-order valence-electron chi connectivity index (χ3n) is 4.04. The third-order valence-corrected chi connectivity index (χ3v) is 4.04. The third kappa shape index (κ3) is 4.53. The van der Waals surface area contributed by atoms with Gasteiger partial charge in [0.25, 0.3) is 0 Å². The van der Waals surface area contributed by atoms with E-state index in [1.807, 2.05) is 24.3 Å². The Labute approximate surface area is 152 Å². The Morgan fingerprint density at radius 2 is 1.77 bits per heavy atom. The van der Waals surface area contributed by atoms with Gasteiger partial charge in [0.2, 0.25) is 5.95 Å². The quantitative estimate of drug-likeness (QED) is 0.696. The number of aromatic nitrogens is 3. The fourth-order valence-electron chi connectivity index (χ4n) is 2.59. The van der Waals surface area contributed by atoms with Crippen LogP contribution in [0.1, 0.15) is 25.0 Å². The Kier molecular flexibility index (Phi) is 5.73. The number of nitrogens with one attached hydrogen (secondary N) is 1. The van der Waals surface area contributed by atoms with Crippen LogP contribution in [0.5, 0.6) is 0 Å². The van der Waals surface area contributed by atoms with Crippen LogP contribution in [0.4, 0.5) is 16.2 Å². The zero-order chi connectivity index (χ0) is 18.4. The Morgan fingerprint density at radius 3 is 2.50 bits per heavy atom. The van der Waals surface area contributed by atoms with E-state index in [4.69, 9.17) is 0 Å². The largest absolute Gasteiger partial charge is 0.364 e. The number of rotatable bonds is 7. The molecule has 134 valence electrons. The van der Waals surface area contributed by atoms with Crippen LogP contribution in [0, 0.1) is 5.82 Å². The van der Waals surface area contributed by atoms with Gasteiger partial charge in [-0.3, -0.25) is 0 Å². The fraction of sp³-hybridized carbons (Fsp3) is 0.250. The molecule has 26 heavy (non-hydrogen) atoms. The van der Waals surface area contributed by atoms with E-state index in [1.165, 1.54) is 11.6 Å². The van der Waals surface area contributed by atoms with Crippen molar-refractivity contribution in [1.29, 1.82) is 0 Å². The summed E-state index contributed by atoms with van der Waals surface area (Å²) in [4.78, 5) is 6.63. The van der Waals surface area contributed by atoms with E-state index in [9.17, 15) is 4.39 Å². The predicted molar refractivity (Wildman–Crippen MR) is 101 cm³/mol. The van der Waals surface area contributed by atoms with E-state index in [-0.39, 0.29) is 11.9 Å². The molecule has 6 heteroatoms. The average molecular weight is 351 g/mol. The number of nitrogens with zero attached hydrogens (tertiary/aromatic N) is 4. The maximum absolute atomic E-state index is 13.8. The normalized spacial score (nSPS) is 10.8. The smallest absolute Gasteiger partial charge is 0.247 e. The molecule has 0 aliphatic rings. The van der Waals surface area contributed by atoms with Crippen LogP contribution in [0.25, 0.3) is 0 Å². The van der Waals surface area contributed by atoms with Gasteiger partial charge in [-0.25, -0.2) is 4.39 Å². The minimum Gasteiger partial charge on any atom is -0.364 e. The number of anilines is 2. The number of hydrogen-bond acceptors (Lipinski definition) is 5. The van der Waals surface area contributed by atoms with E-state index in [0.717, 1.165) is 0 Å². The van der Waals surface area contributed by atoms with Crippen molar-refractivity contribution in [2.75, 3.05) is 10.2 Å². The molecule has 0 unspecified atom stereocenters. The summed E-state index contributed by atoms with van der Waals surface area (Å²) in [6.07, 6.45) is 1.55. The minimum atomic E-state index is -0.241. The highest BCUT2D eigenvalue weighted by atomic mass is 19.1. The molecule has 0 saturated carbocycles. The Bertz CT molecular complexity index is 838. The van der Waals surface area contributed by atoms with Crippen LogP contribution in [0.3, 0.4) is 0 Å². The summed E-state index contributed by atoms with van der Waals surface area (Å²) in [5.41, 5.74) is 1.76. The summed E-state index contributed by atoms with van der Waals surface area (Å²) in [5, 5.41) is 11.4. The average Bonchev–Trinajstić information content (AvgIpc) is 2.66. The van der Waals surface area contributed by atoms with Crippen LogP contribution in [-0.4, -0.2) is 21.2 Å². The van der Waals surface area contributed by atoms with Gasteiger partial charge < -0.3 is 10.2 Å². The van der Waals surface area contributed by atoms with Gasteiger partial charge in [0.1, 0.15) is 5.82 Å². The maximum Gasteiger partial charge on any atom is 0.247 e. The van der Waals surface area contributed by atoms with Crippen LogP contribution in [0.15, 0.2) is 60.8 Å². The molecule has 3 rings (SSSR count). The van der Waals surface area contributed by atoms with Crippen LogP contribution in [0.2, 0.25) is 0 Å². The standard InChI is InChI=1S/C20H22FN5/c1-15(2)26(14-16-8-4-3-5-9-16)20-24-19(13-23-25-20)22-12-17-10-6-7-11-18(17)21/h3-11,13,15H,12,14H2,1-2H3,(H,22,24,25). The van der Waals surface area contributed by atoms with Gasteiger partial charge in [-0.2, -0.15) is 10.1 Å². The monoisotopic (exact) mass is 351 g/mol. The number of benzene rings is 2. The lowest BCUT2D eigenvalue weighted by molar-refractivity contribution is 0.612. The van der Waals surface area contributed by atoms with Gasteiger partial charge in [-0.15, -0.1) is 5.10 Å². The molecule has 0 radical (unpaired) electrons. The van der Waals surface area contributed by atoms with E-state index >= 15 is 0 Å². The molecule has 2 aromatic carbocycles. The molecule has 0 aliphatic carbocycles. The van der Waals surface area contributed by atoms with Crippen molar-refractivity contribution in [2.24, 2.45) is 0 Å². The highest BCUT2D eigenvalue weighted by molar-refractivity contribution is 5.41. The second kappa shape index (κ2) is 8.38. The van der Waals surface area contributed by atoms with Gasteiger partial charge in [0.15, 0.2) is 5.82 Å². The van der Waals surface area contributed by atoms with Crippen LogP contribution >= 0.6 is 0 Å². The van der Waals surface area contributed by atoms with Crippen molar-refractivity contribution < 1.29 is 4.39 Å². The molecule has 0 bridgehead atoms. The van der Waals surface area contributed by atoms with Gasteiger partial charge in [-0.05, 0) is 25.5 Å². The van der Waals surface area contributed by atoms with Gasteiger partial charge in [-0.1, -0.05) is 48.5 Å². The van der Waals surface area contributed by atoms with Crippen molar-refractivity contribution in [1.82, 2.24) is 15.2 Å². The molecule has 1 heterocycles. The first-order valence-corrected chi connectivity index (χ1v) is 8.61. The summed E-state index contributed by atoms with van der Waals surface area (Å²) in [6, 6.07) is 17.0. The molecule has 1 aromatic heterocycles. The van der Waals surface area contributed by atoms with Crippen molar-refractivity contribution in [3.63, 3.8) is 0 Å². The lowest BCUT2D eigenvalue weighted by atomic mass is 10.2. The Hall–Kier alpha value is -3.02. The summed E-state index contributed by atoms with van der Waals surface area (Å²) >= 11 is 0. The Balaban J connectivity index is 1.75. The summed E-state index contributed by atoms with van der Waals surface area (Å²) < 4.78 is 13.8. The highest BCUT2D eigenvalue weighted by Gasteiger charge is 2.15. The van der Waals surface area contributed by atoms with E-state index < -0.39 is 0 Å². The summed E-state index contributed by atoms with van der Waals surface area (Å²) in [7, 11) is 0. The first-order chi connectivity index (χ1) is 12.6. The molecule has 0 fully saturated rings. The molecule has 0 aliphatic heterocycles. The van der Waals surface area contributed by atoms with E-state index in [2.05, 4.69) is 51.4 Å². The topological polar surface area (TPSA) is 53.9 Å². The molecular formula is C20H22FN5. The highest BCUT2D eigenvalue weighted by Crippen LogP contribution is 2.17. The lowest BCUT2D eigenvalue weighted by Crippen LogP contribution is -2.32. The van der Waals surface area contributed by atoms with E-state index in [1.54, 1.807) is 18.3 Å². The molecule has 3 aromatic rings. The first kappa shape index (κ1) is 17.8. The predicted octanol–water partition coefficient (Wildman–Crippen LogP) is 4.04. The van der Waals surface area contributed by atoms with Crippen molar-refractivity contribution >= 4 is 11.8 Å². The SMILES string of the molecule is CC(C)N(Cc1ccccc1)c1nncc(NCc2ccccc2F)n1. The fourth-order valence-corrected chi connectivity index (χ4v) is 2.59. The lowest BCUT2D eigenvalue weighted by Gasteiger charge is -2.26. The number of halogens is 1. The van der Waals surface area contributed by atoms with E-state index in [0.29, 0.717) is 30.4 Å². The van der Waals surface area contributed by atoms with Gasteiger partial charge in [0.05, 0.1) is 6.20 Å². The second-order valence-corrected chi connectivity index (χ2v) is 6.29.